The first kappa shape index (κ1) is 13.2. The Morgan fingerprint density at radius 3 is 2.05 bits per heavy atom. The minimum absolute atomic E-state index is 0.133. The highest BCUT2D eigenvalue weighted by Gasteiger charge is 2.31. The summed E-state index contributed by atoms with van der Waals surface area (Å²) in [4.78, 5) is 0. The summed E-state index contributed by atoms with van der Waals surface area (Å²) in [6, 6.07) is 8.55. The highest BCUT2D eigenvalue weighted by Crippen LogP contribution is 2.33. The van der Waals surface area contributed by atoms with E-state index in [-0.39, 0.29) is 5.56 Å². The monoisotopic (exact) mass is 264 g/mol. The van der Waals surface area contributed by atoms with E-state index in [1.165, 1.54) is 30.3 Å². The molecule has 0 N–H and O–H groups in total. The molecule has 0 aliphatic heterocycles. The predicted octanol–water partition coefficient (Wildman–Crippen LogP) is 4.49. The van der Waals surface area contributed by atoms with Crippen LogP contribution in [0.25, 0.3) is 11.1 Å². The van der Waals surface area contributed by atoms with E-state index in [1.54, 1.807) is 0 Å². The van der Waals surface area contributed by atoms with Gasteiger partial charge in [-0.05, 0) is 41.5 Å². The van der Waals surface area contributed by atoms with E-state index in [0.29, 0.717) is 11.1 Å². The van der Waals surface area contributed by atoms with Gasteiger partial charge in [0.1, 0.15) is 5.82 Å². The van der Waals surface area contributed by atoms with E-state index in [2.05, 4.69) is 5.92 Å². The lowest BCUT2D eigenvalue weighted by Gasteiger charge is -2.10. The first-order valence-electron chi connectivity index (χ1n) is 5.35. The Balaban J connectivity index is 2.58. The van der Waals surface area contributed by atoms with Gasteiger partial charge in [-0.2, -0.15) is 13.2 Å². The first-order chi connectivity index (χ1) is 8.90. The maximum Gasteiger partial charge on any atom is 0.416 e. The van der Waals surface area contributed by atoms with E-state index in [0.717, 1.165) is 12.1 Å². The van der Waals surface area contributed by atoms with Crippen LogP contribution in [0.1, 0.15) is 11.1 Å². The number of hydrogen-bond donors (Lipinski definition) is 0. The van der Waals surface area contributed by atoms with Gasteiger partial charge in [0.15, 0.2) is 0 Å². The summed E-state index contributed by atoms with van der Waals surface area (Å²) in [6.07, 6.45) is 0.685. The van der Waals surface area contributed by atoms with Gasteiger partial charge in [0.05, 0.1) is 5.56 Å². The Kier molecular flexibility index (Phi) is 3.30. The van der Waals surface area contributed by atoms with Crippen molar-refractivity contribution >= 4 is 0 Å². The van der Waals surface area contributed by atoms with Gasteiger partial charge >= 0.3 is 6.18 Å². The summed E-state index contributed by atoms with van der Waals surface area (Å²) < 4.78 is 51.0. The summed E-state index contributed by atoms with van der Waals surface area (Å²) in [5, 5.41) is 0. The van der Waals surface area contributed by atoms with Gasteiger partial charge in [-0.15, -0.1) is 6.42 Å². The van der Waals surface area contributed by atoms with E-state index in [4.69, 9.17) is 6.42 Å². The standard InChI is InChI=1S/C15H8F4/c1-2-10-7-12(9-13(8-10)15(17,18)19)11-3-5-14(16)6-4-11/h1,3-9H. The first-order valence-corrected chi connectivity index (χ1v) is 5.35. The van der Waals surface area contributed by atoms with Crippen molar-refractivity contribution in [3.8, 4) is 23.5 Å². The molecule has 0 radical (unpaired) electrons. The number of halogens is 4. The lowest BCUT2D eigenvalue weighted by atomic mass is 9.99. The zero-order chi connectivity index (χ0) is 14.0. The summed E-state index contributed by atoms with van der Waals surface area (Å²) >= 11 is 0. The van der Waals surface area contributed by atoms with Crippen LogP contribution in [0, 0.1) is 18.2 Å². The minimum Gasteiger partial charge on any atom is -0.207 e. The van der Waals surface area contributed by atoms with Crippen LogP contribution in [0.4, 0.5) is 17.6 Å². The van der Waals surface area contributed by atoms with Crippen molar-refractivity contribution in [3.05, 3.63) is 59.4 Å². The average Bonchev–Trinajstić information content (AvgIpc) is 2.38. The fourth-order valence-corrected chi connectivity index (χ4v) is 1.68. The third-order valence-electron chi connectivity index (χ3n) is 2.60. The molecule has 0 nitrogen and oxygen atoms in total. The Morgan fingerprint density at radius 2 is 1.53 bits per heavy atom. The molecule has 0 aromatic heterocycles. The van der Waals surface area contributed by atoms with Crippen LogP contribution in [-0.2, 0) is 6.18 Å². The van der Waals surface area contributed by atoms with Crippen molar-refractivity contribution in [1.82, 2.24) is 0 Å². The Hall–Kier alpha value is -2.28. The average molecular weight is 264 g/mol. The van der Waals surface area contributed by atoms with Crippen LogP contribution in [0.3, 0.4) is 0 Å². The third-order valence-corrected chi connectivity index (χ3v) is 2.60. The molecule has 0 fully saturated rings. The number of hydrogen-bond acceptors (Lipinski definition) is 0. The number of rotatable bonds is 1. The second-order valence-corrected chi connectivity index (χ2v) is 3.95. The molecule has 0 unspecified atom stereocenters. The maximum atomic E-state index is 12.8. The van der Waals surface area contributed by atoms with E-state index in [1.807, 2.05) is 0 Å². The number of terminal acetylenes is 1. The fourth-order valence-electron chi connectivity index (χ4n) is 1.68. The largest absolute Gasteiger partial charge is 0.416 e. The minimum atomic E-state index is -4.47. The molecular weight excluding hydrogens is 256 g/mol. The zero-order valence-corrected chi connectivity index (χ0v) is 9.63. The van der Waals surface area contributed by atoms with Gasteiger partial charge < -0.3 is 0 Å². The van der Waals surface area contributed by atoms with Gasteiger partial charge in [-0.25, -0.2) is 4.39 Å². The molecule has 0 saturated heterocycles. The van der Waals surface area contributed by atoms with Crippen molar-refractivity contribution in [2.24, 2.45) is 0 Å². The Bertz CT molecular complexity index is 631. The molecule has 0 heterocycles. The quantitative estimate of drug-likeness (QED) is 0.525. The highest BCUT2D eigenvalue weighted by atomic mass is 19.4. The van der Waals surface area contributed by atoms with Crippen LogP contribution in [0.5, 0.6) is 0 Å². The van der Waals surface area contributed by atoms with Crippen molar-refractivity contribution in [1.29, 1.82) is 0 Å². The summed E-state index contributed by atoms with van der Waals surface area (Å²) in [7, 11) is 0. The molecular formula is C15H8F4. The van der Waals surface area contributed by atoms with Gasteiger partial charge in [0.2, 0.25) is 0 Å². The van der Waals surface area contributed by atoms with Crippen LogP contribution >= 0.6 is 0 Å². The molecule has 0 amide bonds. The van der Waals surface area contributed by atoms with Gasteiger partial charge in [-0.3, -0.25) is 0 Å². The van der Waals surface area contributed by atoms with Gasteiger partial charge in [0.25, 0.3) is 0 Å². The highest BCUT2D eigenvalue weighted by molar-refractivity contribution is 5.66. The van der Waals surface area contributed by atoms with Crippen LogP contribution in [-0.4, -0.2) is 0 Å². The van der Waals surface area contributed by atoms with Crippen molar-refractivity contribution in [2.45, 2.75) is 6.18 Å². The molecule has 0 bridgehead atoms. The summed E-state index contributed by atoms with van der Waals surface area (Å²) in [6.45, 7) is 0. The van der Waals surface area contributed by atoms with Crippen LogP contribution in [0.2, 0.25) is 0 Å². The van der Waals surface area contributed by atoms with Gasteiger partial charge in [-0.1, -0.05) is 18.1 Å². The summed E-state index contributed by atoms with van der Waals surface area (Å²) in [5.41, 5.74) is 0.100. The molecule has 2 rings (SSSR count). The molecule has 0 aliphatic carbocycles. The zero-order valence-electron chi connectivity index (χ0n) is 9.63. The molecule has 0 spiro atoms. The molecule has 96 valence electrons. The predicted molar refractivity (Wildman–Crippen MR) is 64.8 cm³/mol. The number of benzene rings is 2. The van der Waals surface area contributed by atoms with Crippen LogP contribution < -0.4 is 0 Å². The molecule has 2 aromatic carbocycles. The van der Waals surface area contributed by atoms with Crippen LogP contribution in [0.15, 0.2) is 42.5 Å². The lowest BCUT2D eigenvalue weighted by Crippen LogP contribution is -2.05. The topological polar surface area (TPSA) is 0 Å². The van der Waals surface area contributed by atoms with E-state index < -0.39 is 17.6 Å². The molecule has 2 aromatic rings. The Morgan fingerprint density at radius 1 is 0.895 bits per heavy atom. The molecule has 0 aliphatic rings. The van der Waals surface area contributed by atoms with Gasteiger partial charge in [0, 0.05) is 5.56 Å². The molecule has 4 heteroatoms. The molecule has 0 saturated carbocycles. The smallest absolute Gasteiger partial charge is 0.207 e. The lowest BCUT2D eigenvalue weighted by molar-refractivity contribution is -0.137. The second kappa shape index (κ2) is 4.77. The molecule has 0 atom stereocenters. The van der Waals surface area contributed by atoms with E-state index in [9.17, 15) is 17.6 Å². The SMILES string of the molecule is C#Cc1cc(-c2ccc(F)cc2)cc(C(F)(F)F)c1. The summed E-state index contributed by atoms with van der Waals surface area (Å²) in [5.74, 6) is 1.74. The molecule has 19 heavy (non-hydrogen) atoms. The van der Waals surface area contributed by atoms with Crippen molar-refractivity contribution in [3.63, 3.8) is 0 Å². The van der Waals surface area contributed by atoms with E-state index >= 15 is 0 Å². The maximum absolute atomic E-state index is 12.8. The normalized spacial score (nSPS) is 11.1. The second-order valence-electron chi connectivity index (χ2n) is 3.95. The van der Waals surface area contributed by atoms with Crippen molar-refractivity contribution < 1.29 is 17.6 Å². The Labute approximate surface area is 107 Å². The third kappa shape index (κ3) is 2.94. The van der Waals surface area contributed by atoms with Crippen molar-refractivity contribution in [2.75, 3.05) is 0 Å². The fraction of sp³-hybridized carbons (Fsp3) is 0.0667. The number of alkyl halides is 3.